The first-order chi connectivity index (χ1) is 13.2. The topological polar surface area (TPSA) is 71.5 Å². The van der Waals surface area contributed by atoms with Gasteiger partial charge in [-0.15, -0.1) is 11.3 Å². The molecule has 4 rings (SSSR count). The van der Waals surface area contributed by atoms with Gasteiger partial charge in [0.1, 0.15) is 0 Å². The molecule has 2 aliphatic rings. The smallest absolute Gasteiger partial charge is 0.229 e. The number of carbonyl (C=O) groups excluding carboxylic acids is 2. The van der Waals surface area contributed by atoms with Gasteiger partial charge in [-0.25, -0.2) is 0 Å². The molecule has 6 nitrogen and oxygen atoms in total. The molecule has 1 N–H and O–H groups in total. The zero-order chi connectivity index (χ0) is 18.7. The fourth-order valence-electron chi connectivity index (χ4n) is 4.14. The summed E-state index contributed by atoms with van der Waals surface area (Å²) in [5.74, 6) is -0.162. The Labute approximate surface area is 162 Å². The number of thiophene rings is 1. The van der Waals surface area contributed by atoms with Crippen molar-refractivity contribution < 1.29 is 14.3 Å². The molecule has 2 aliphatic heterocycles. The Morgan fingerprint density at radius 2 is 2.15 bits per heavy atom. The van der Waals surface area contributed by atoms with E-state index in [1.807, 2.05) is 28.5 Å². The van der Waals surface area contributed by atoms with E-state index in [1.54, 1.807) is 29.8 Å². The lowest BCUT2D eigenvalue weighted by molar-refractivity contribution is -0.130. The largest absolute Gasteiger partial charge is 0.381 e. The number of anilines is 1. The average Bonchev–Trinajstić information content (AvgIpc) is 3.31. The van der Waals surface area contributed by atoms with Crippen molar-refractivity contribution in [1.29, 1.82) is 0 Å². The molecule has 0 bridgehead atoms. The minimum Gasteiger partial charge on any atom is -0.381 e. The Bertz CT molecular complexity index is 788. The summed E-state index contributed by atoms with van der Waals surface area (Å²) in [7, 11) is 0. The second-order valence-corrected chi connectivity index (χ2v) is 8.32. The molecule has 0 unspecified atom stereocenters. The third kappa shape index (κ3) is 3.89. The highest BCUT2D eigenvalue weighted by Crippen LogP contribution is 2.45. The molecular formula is C20H23N3O3S. The highest BCUT2D eigenvalue weighted by Gasteiger charge is 2.51. The van der Waals surface area contributed by atoms with Crippen LogP contribution in [0.25, 0.3) is 0 Å². The van der Waals surface area contributed by atoms with Crippen LogP contribution in [0.15, 0.2) is 42.0 Å². The fourth-order valence-corrected chi connectivity index (χ4v) is 4.84. The Kier molecular flexibility index (Phi) is 5.22. The molecule has 0 saturated carbocycles. The summed E-state index contributed by atoms with van der Waals surface area (Å²) in [6.45, 7) is 2.38. The fraction of sp³-hybridized carbons (Fsp3) is 0.450. The Morgan fingerprint density at radius 3 is 2.85 bits per heavy atom. The van der Waals surface area contributed by atoms with Crippen molar-refractivity contribution in [2.45, 2.75) is 19.3 Å². The number of hydrogen-bond donors (Lipinski definition) is 1. The van der Waals surface area contributed by atoms with E-state index >= 15 is 0 Å². The summed E-state index contributed by atoms with van der Waals surface area (Å²) in [6, 6.07) is 7.57. The number of nitrogens with zero attached hydrogens (tertiary/aromatic N) is 2. The van der Waals surface area contributed by atoms with E-state index in [0.717, 1.165) is 17.7 Å². The molecule has 142 valence electrons. The first-order valence-electron chi connectivity index (χ1n) is 9.25. The number of hydrogen-bond acceptors (Lipinski definition) is 5. The SMILES string of the molecule is O=C(Nc1cccnc1)[C@@H]1CN(C(=O)Cc2cccs2)CC12CCOCC2. The van der Waals surface area contributed by atoms with Crippen LogP contribution in [-0.4, -0.2) is 48.0 Å². The number of pyridine rings is 1. The van der Waals surface area contributed by atoms with E-state index in [2.05, 4.69) is 10.3 Å². The molecule has 2 fully saturated rings. The van der Waals surface area contributed by atoms with Gasteiger partial charge in [-0.1, -0.05) is 6.07 Å². The second-order valence-electron chi connectivity index (χ2n) is 7.29. The van der Waals surface area contributed by atoms with Crippen molar-refractivity contribution in [1.82, 2.24) is 9.88 Å². The number of ether oxygens (including phenoxy) is 1. The molecule has 1 spiro atoms. The molecule has 0 aliphatic carbocycles. The van der Waals surface area contributed by atoms with Crippen LogP contribution in [0.2, 0.25) is 0 Å². The van der Waals surface area contributed by atoms with Crippen LogP contribution in [0.3, 0.4) is 0 Å². The van der Waals surface area contributed by atoms with Gasteiger partial charge in [-0.3, -0.25) is 14.6 Å². The van der Waals surface area contributed by atoms with Gasteiger partial charge in [0.05, 0.1) is 24.2 Å². The summed E-state index contributed by atoms with van der Waals surface area (Å²) >= 11 is 1.59. The van der Waals surface area contributed by atoms with Crippen LogP contribution in [0.1, 0.15) is 17.7 Å². The Hall–Kier alpha value is -2.25. The maximum Gasteiger partial charge on any atom is 0.229 e. The lowest BCUT2D eigenvalue weighted by Crippen LogP contribution is -2.42. The molecular weight excluding hydrogens is 362 g/mol. The lowest BCUT2D eigenvalue weighted by atomic mass is 9.71. The summed E-state index contributed by atoms with van der Waals surface area (Å²) in [5, 5.41) is 4.97. The molecule has 7 heteroatoms. The van der Waals surface area contributed by atoms with E-state index in [1.165, 1.54) is 0 Å². The van der Waals surface area contributed by atoms with E-state index in [4.69, 9.17) is 4.74 Å². The molecule has 27 heavy (non-hydrogen) atoms. The number of rotatable bonds is 4. The zero-order valence-electron chi connectivity index (χ0n) is 15.1. The van der Waals surface area contributed by atoms with Crippen molar-refractivity contribution in [3.8, 4) is 0 Å². The van der Waals surface area contributed by atoms with E-state index in [-0.39, 0.29) is 23.1 Å². The highest BCUT2D eigenvalue weighted by atomic mass is 32.1. The molecule has 2 saturated heterocycles. The van der Waals surface area contributed by atoms with Gasteiger partial charge in [0.25, 0.3) is 0 Å². The average molecular weight is 385 g/mol. The third-order valence-electron chi connectivity index (χ3n) is 5.64. The first-order valence-corrected chi connectivity index (χ1v) is 10.1. The first kappa shape index (κ1) is 18.1. The molecule has 4 heterocycles. The van der Waals surface area contributed by atoms with Crippen molar-refractivity contribution in [3.63, 3.8) is 0 Å². The van der Waals surface area contributed by atoms with Gasteiger partial charge < -0.3 is 15.0 Å². The van der Waals surface area contributed by atoms with E-state index in [0.29, 0.717) is 38.4 Å². The minimum atomic E-state index is -0.228. The van der Waals surface area contributed by atoms with Crippen LogP contribution >= 0.6 is 11.3 Å². The summed E-state index contributed by atoms with van der Waals surface area (Å²) in [4.78, 5) is 32.9. The monoisotopic (exact) mass is 385 g/mol. The molecule has 0 aromatic carbocycles. The van der Waals surface area contributed by atoms with E-state index < -0.39 is 0 Å². The Morgan fingerprint density at radius 1 is 1.30 bits per heavy atom. The quantitative estimate of drug-likeness (QED) is 0.878. The maximum atomic E-state index is 13.1. The number of aromatic nitrogens is 1. The van der Waals surface area contributed by atoms with Gasteiger partial charge in [-0.2, -0.15) is 0 Å². The van der Waals surface area contributed by atoms with Gasteiger partial charge in [-0.05, 0) is 36.4 Å². The highest BCUT2D eigenvalue weighted by molar-refractivity contribution is 7.10. The minimum absolute atomic E-state index is 0.0312. The molecule has 2 aromatic heterocycles. The predicted octanol–water partition coefficient (Wildman–Crippen LogP) is 2.58. The molecule has 1 atom stereocenters. The normalized spacial score (nSPS) is 21.3. The number of likely N-dealkylation sites (tertiary alicyclic amines) is 1. The van der Waals surface area contributed by atoms with Gasteiger partial charge in [0.2, 0.25) is 11.8 Å². The van der Waals surface area contributed by atoms with Gasteiger partial charge in [0.15, 0.2) is 0 Å². The van der Waals surface area contributed by atoms with Gasteiger partial charge >= 0.3 is 0 Å². The summed E-state index contributed by atoms with van der Waals surface area (Å²) < 4.78 is 5.54. The van der Waals surface area contributed by atoms with Crippen LogP contribution < -0.4 is 5.32 Å². The van der Waals surface area contributed by atoms with Crippen molar-refractivity contribution >= 4 is 28.8 Å². The van der Waals surface area contributed by atoms with Crippen LogP contribution in [0.5, 0.6) is 0 Å². The number of carbonyl (C=O) groups is 2. The van der Waals surface area contributed by atoms with Crippen molar-refractivity contribution in [2.75, 3.05) is 31.6 Å². The van der Waals surface area contributed by atoms with E-state index in [9.17, 15) is 9.59 Å². The maximum absolute atomic E-state index is 13.1. The third-order valence-corrected chi connectivity index (χ3v) is 6.52. The Balaban J connectivity index is 1.51. The second kappa shape index (κ2) is 7.78. The number of nitrogens with one attached hydrogen (secondary N) is 1. The molecule has 2 amide bonds. The van der Waals surface area contributed by atoms with Crippen molar-refractivity contribution in [3.05, 3.63) is 46.9 Å². The van der Waals surface area contributed by atoms with Crippen LogP contribution in [0, 0.1) is 11.3 Å². The van der Waals surface area contributed by atoms with Gasteiger partial charge in [0, 0.05) is 42.8 Å². The number of amides is 2. The summed E-state index contributed by atoms with van der Waals surface area (Å²) in [5.41, 5.74) is 0.489. The molecule has 2 aromatic rings. The van der Waals surface area contributed by atoms with Crippen LogP contribution in [-0.2, 0) is 20.7 Å². The van der Waals surface area contributed by atoms with Crippen molar-refractivity contribution in [2.24, 2.45) is 11.3 Å². The van der Waals surface area contributed by atoms with Crippen LogP contribution in [0.4, 0.5) is 5.69 Å². The predicted molar refractivity (Wildman–Crippen MR) is 103 cm³/mol. The molecule has 0 radical (unpaired) electrons. The summed E-state index contributed by atoms with van der Waals surface area (Å²) in [6.07, 6.45) is 5.34. The lowest BCUT2D eigenvalue weighted by Gasteiger charge is -2.37. The standard InChI is InChI=1S/C20H23N3O3S/c24-18(11-16-4-2-10-27-16)23-13-17(20(14-23)5-8-26-9-6-20)19(25)22-15-3-1-7-21-12-15/h1-4,7,10,12,17H,5-6,8-9,11,13-14H2,(H,22,25)/t17-/m0/s1. The zero-order valence-corrected chi connectivity index (χ0v) is 15.9.